The zero-order valence-electron chi connectivity index (χ0n) is 17.0. The maximum atomic E-state index is 10.8. The molecule has 4 rings (SSSR count). The molecule has 1 fully saturated rings. The standard InChI is InChI=1S/C23H28N2O4/c1-27-20-12-7-13-21(28-2)22(20)29-15-17(26)14-25-19-11-6-5-10-18(19)24-23(25)16-8-3-4-9-16/h5-7,10-13,16-17,26H,3-4,8-9,14-15H2,1-2H3. The molecule has 6 nitrogen and oxygen atoms in total. The molecule has 3 aromatic rings. The summed E-state index contributed by atoms with van der Waals surface area (Å²) in [5.74, 6) is 3.21. The van der Waals surface area contributed by atoms with Crippen molar-refractivity contribution < 1.29 is 19.3 Å². The van der Waals surface area contributed by atoms with Gasteiger partial charge < -0.3 is 23.9 Å². The molecule has 1 aliphatic carbocycles. The number of methoxy groups -OCH3 is 2. The Morgan fingerprint density at radius 3 is 2.41 bits per heavy atom. The lowest BCUT2D eigenvalue weighted by molar-refractivity contribution is 0.0893. The van der Waals surface area contributed by atoms with Gasteiger partial charge in [-0.2, -0.15) is 0 Å². The number of rotatable bonds is 8. The zero-order valence-corrected chi connectivity index (χ0v) is 17.0. The van der Waals surface area contributed by atoms with Crippen molar-refractivity contribution in [2.75, 3.05) is 20.8 Å². The number of nitrogens with zero attached hydrogens (tertiary/aromatic N) is 2. The smallest absolute Gasteiger partial charge is 0.203 e. The predicted molar refractivity (Wildman–Crippen MR) is 112 cm³/mol. The van der Waals surface area contributed by atoms with Crippen LogP contribution in [0.4, 0.5) is 0 Å². The van der Waals surface area contributed by atoms with Crippen LogP contribution in [0.3, 0.4) is 0 Å². The molecule has 0 aliphatic heterocycles. The molecule has 1 aromatic heterocycles. The third-order valence-electron chi connectivity index (χ3n) is 5.60. The summed E-state index contributed by atoms with van der Waals surface area (Å²) in [5, 5.41) is 10.8. The van der Waals surface area contributed by atoms with E-state index in [-0.39, 0.29) is 6.61 Å². The summed E-state index contributed by atoms with van der Waals surface area (Å²) in [5.41, 5.74) is 2.04. The van der Waals surface area contributed by atoms with Crippen LogP contribution in [0.15, 0.2) is 42.5 Å². The van der Waals surface area contributed by atoms with E-state index in [4.69, 9.17) is 19.2 Å². The van der Waals surface area contributed by atoms with Gasteiger partial charge in [0, 0.05) is 5.92 Å². The van der Waals surface area contributed by atoms with Crippen molar-refractivity contribution in [3.63, 3.8) is 0 Å². The molecule has 29 heavy (non-hydrogen) atoms. The van der Waals surface area contributed by atoms with E-state index in [0.717, 1.165) is 29.7 Å². The Morgan fingerprint density at radius 2 is 1.72 bits per heavy atom. The zero-order chi connectivity index (χ0) is 20.2. The molecule has 1 N–H and O–H groups in total. The first-order valence-corrected chi connectivity index (χ1v) is 10.2. The fourth-order valence-electron chi connectivity index (χ4n) is 4.18. The molecular formula is C23H28N2O4. The summed E-state index contributed by atoms with van der Waals surface area (Å²) in [6.07, 6.45) is 4.12. The van der Waals surface area contributed by atoms with Gasteiger partial charge in [0.2, 0.25) is 5.75 Å². The van der Waals surface area contributed by atoms with Gasteiger partial charge in [-0.25, -0.2) is 4.98 Å². The summed E-state index contributed by atoms with van der Waals surface area (Å²) in [6, 6.07) is 13.6. The molecule has 0 radical (unpaired) electrons. The number of hydrogen-bond acceptors (Lipinski definition) is 5. The molecule has 1 unspecified atom stereocenters. The second kappa shape index (κ2) is 8.74. The maximum absolute atomic E-state index is 10.8. The van der Waals surface area contributed by atoms with E-state index in [9.17, 15) is 5.11 Å². The fourth-order valence-corrected chi connectivity index (χ4v) is 4.18. The number of aliphatic hydroxyl groups excluding tert-OH is 1. The number of imidazole rings is 1. The van der Waals surface area contributed by atoms with E-state index < -0.39 is 6.10 Å². The monoisotopic (exact) mass is 396 g/mol. The molecule has 1 heterocycles. The average Bonchev–Trinajstić information content (AvgIpc) is 3.40. The van der Waals surface area contributed by atoms with Gasteiger partial charge >= 0.3 is 0 Å². The topological polar surface area (TPSA) is 65.7 Å². The van der Waals surface area contributed by atoms with E-state index in [2.05, 4.69) is 10.6 Å². The molecule has 1 saturated carbocycles. The minimum Gasteiger partial charge on any atom is -0.493 e. The van der Waals surface area contributed by atoms with E-state index in [1.54, 1.807) is 14.2 Å². The fraction of sp³-hybridized carbons (Fsp3) is 0.435. The van der Waals surface area contributed by atoms with Crippen LogP contribution in [0.25, 0.3) is 11.0 Å². The van der Waals surface area contributed by atoms with Crippen molar-refractivity contribution >= 4 is 11.0 Å². The minimum atomic E-state index is -0.692. The first-order chi connectivity index (χ1) is 14.2. The average molecular weight is 396 g/mol. The Bertz CT molecular complexity index is 940. The van der Waals surface area contributed by atoms with Crippen molar-refractivity contribution in [1.29, 1.82) is 0 Å². The van der Waals surface area contributed by atoms with Crippen molar-refractivity contribution in [2.45, 2.75) is 44.2 Å². The van der Waals surface area contributed by atoms with E-state index >= 15 is 0 Å². The van der Waals surface area contributed by atoms with E-state index in [1.807, 2.05) is 36.4 Å². The second-order valence-electron chi connectivity index (χ2n) is 7.51. The summed E-state index contributed by atoms with van der Waals surface area (Å²) < 4.78 is 18.8. The minimum absolute atomic E-state index is 0.132. The Hall–Kier alpha value is -2.73. The van der Waals surface area contributed by atoms with Gasteiger partial charge in [-0.3, -0.25) is 0 Å². The highest BCUT2D eigenvalue weighted by molar-refractivity contribution is 5.76. The van der Waals surface area contributed by atoms with Crippen LogP contribution < -0.4 is 14.2 Å². The molecule has 0 amide bonds. The second-order valence-corrected chi connectivity index (χ2v) is 7.51. The quantitative estimate of drug-likeness (QED) is 0.620. The third kappa shape index (κ3) is 4.03. The van der Waals surface area contributed by atoms with Crippen LogP contribution in [0.2, 0.25) is 0 Å². The molecule has 2 aromatic carbocycles. The summed E-state index contributed by atoms with van der Waals surface area (Å²) >= 11 is 0. The van der Waals surface area contributed by atoms with Crippen LogP contribution >= 0.6 is 0 Å². The first kappa shape index (κ1) is 19.6. The Labute approximate surface area is 171 Å². The number of aromatic nitrogens is 2. The van der Waals surface area contributed by atoms with Gasteiger partial charge in [0.1, 0.15) is 18.5 Å². The molecule has 0 spiro atoms. The van der Waals surface area contributed by atoms with E-state index in [0.29, 0.717) is 29.7 Å². The third-order valence-corrected chi connectivity index (χ3v) is 5.60. The highest BCUT2D eigenvalue weighted by Crippen LogP contribution is 2.37. The van der Waals surface area contributed by atoms with Crippen LogP contribution in [0, 0.1) is 0 Å². The Kier molecular flexibility index (Phi) is 5.90. The van der Waals surface area contributed by atoms with Crippen molar-refractivity contribution in [3.05, 3.63) is 48.3 Å². The highest BCUT2D eigenvalue weighted by atomic mass is 16.5. The molecule has 154 valence electrons. The molecular weight excluding hydrogens is 368 g/mol. The van der Waals surface area contributed by atoms with Gasteiger partial charge in [-0.1, -0.05) is 31.0 Å². The number of aliphatic hydroxyl groups is 1. The van der Waals surface area contributed by atoms with Gasteiger partial charge in [0.15, 0.2) is 11.5 Å². The van der Waals surface area contributed by atoms with Gasteiger partial charge in [0.05, 0.1) is 31.8 Å². The van der Waals surface area contributed by atoms with Crippen molar-refractivity contribution in [3.8, 4) is 17.2 Å². The lowest BCUT2D eigenvalue weighted by atomic mass is 10.1. The number of ether oxygens (including phenoxy) is 3. The van der Waals surface area contributed by atoms with Gasteiger partial charge in [-0.15, -0.1) is 0 Å². The van der Waals surface area contributed by atoms with E-state index in [1.165, 1.54) is 12.8 Å². The maximum Gasteiger partial charge on any atom is 0.203 e. The lowest BCUT2D eigenvalue weighted by Gasteiger charge is -2.19. The summed E-state index contributed by atoms with van der Waals surface area (Å²) in [7, 11) is 3.17. The number of para-hydroxylation sites is 3. The molecule has 1 aliphatic rings. The number of hydrogen-bond donors (Lipinski definition) is 1. The summed E-state index contributed by atoms with van der Waals surface area (Å²) in [4.78, 5) is 4.89. The van der Waals surface area contributed by atoms with Crippen molar-refractivity contribution in [1.82, 2.24) is 9.55 Å². The van der Waals surface area contributed by atoms with Crippen LogP contribution in [-0.2, 0) is 6.54 Å². The molecule has 0 bridgehead atoms. The molecule has 1 atom stereocenters. The SMILES string of the molecule is COc1cccc(OC)c1OCC(O)Cn1c(C2CCCC2)nc2ccccc21. The normalized spacial score (nSPS) is 15.6. The molecule has 6 heteroatoms. The molecule has 0 saturated heterocycles. The van der Waals surface area contributed by atoms with Gasteiger partial charge in [0.25, 0.3) is 0 Å². The summed E-state index contributed by atoms with van der Waals surface area (Å²) in [6.45, 7) is 0.567. The van der Waals surface area contributed by atoms with Crippen LogP contribution in [0.5, 0.6) is 17.2 Å². The van der Waals surface area contributed by atoms with Crippen LogP contribution in [0.1, 0.15) is 37.4 Å². The lowest BCUT2D eigenvalue weighted by Crippen LogP contribution is -2.25. The van der Waals surface area contributed by atoms with Crippen molar-refractivity contribution in [2.24, 2.45) is 0 Å². The largest absolute Gasteiger partial charge is 0.493 e. The number of fused-ring (bicyclic) bond motifs is 1. The van der Waals surface area contributed by atoms with Crippen LogP contribution in [-0.4, -0.2) is 41.6 Å². The predicted octanol–water partition coefficient (Wildman–Crippen LogP) is 4.15. The van der Waals surface area contributed by atoms with Gasteiger partial charge in [-0.05, 0) is 37.1 Å². The Morgan fingerprint density at radius 1 is 1.03 bits per heavy atom. The first-order valence-electron chi connectivity index (χ1n) is 10.2. The number of benzene rings is 2. The highest BCUT2D eigenvalue weighted by Gasteiger charge is 2.25. The Balaban J connectivity index is 1.54.